The molecule has 1 aliphatic rings. The summed E-state index contributed by atoms with van der Waals surface area (Å²) < 4.78 is 24.7. The third-order valence-electron chi connectivity index (χ3n) is 4.85. The van der Waals surface area contributed by atoms with E-state index >= 15 is 0 Å². The van der Waals surface area contributed by atoms with Gasteiger partial charge >= 0.3 is 5.97 Å². The van der Waals surface area contributed by atoms with E-state index in [0.29, 0.717) is 0 Å². The molecular weight excluding hydrogens is 356 g/mol. The molecule has 0 unspecified atom stereocenters. The van der Waals surface area contributed by atoms with Crippen LogP contribution in [-0.2, 0) is 14.6 Å². The molecule has 1 N–H and O–H groups in total. The molecule has 0 radical (unpaired) electrons. The molecule has 0 bridgehead atoms. The molecule has 21 heavy (non-hydrogen) atoms. The molecule has 0 aliphatic heterocycles. The Morgan fingerprint density at radius 3 is 2.05 bits per heavy atom. The number of sulfone groups is 1. The van der Waals surface area contributed by atoms with Gasteiger partial charge in [0.05, 0.1) is 4.90 Å². The van der Waals surface area contributed by atoms with Crippen LogP contribution in [0.4, 0.5) is 0 Å². The number of halogens is 1. The van der Waals surface area contributed by atoms with E-state index in [9.17, 15) is 18.3 Å². The Morgan fingerprint density at radius 2 is 1.67 bits per heavy atom. The van der Waals surface area contributed by atoms with Crippen LogP contribution in [0.5, 0.6) is 0 Å². The summed E-state index contributed by atoms with van der Waals surface area (Å²) in [5, 5.41) is 9.57. The van der Waals surface area contributed by atoms with Crippen molar-refractivity contribution in [2.45, 2.75) is 49.2 Å². The van der Waals surface area contributed by atoms with E-state index in [1.165, 1.54) is 12.1 Å². The van der Waals surface area contributed by atoms with Crippen molar-refractivity contribution < 1.29 is 18.3 Å². The molecule has 1 aromatic rings. The smallest absolute Gasteiger partial charge is 0.325 e. The predicted octanol–water partition coefficient (Wildman–Crippen LogP) is 3.65. The summed E-state index contributed by atoms with van der Waals surface area (Å²) in [7, 11) is -3.89. The Balaban J connectivity index is 2.45. The van der Waals surface area contributed by atoms with Crippen molar-refractivity contribution >= 4 is 31.7 Å². The fourth-order valence-electron chi connectivity index (χ4n) is 3.21. The summed E-state index contributed by atoms with van der Waals surface area (Å²) in [6.45, 7) is 3.98. The Kier molecular flexibility index (Phi) is 4.23. The molecule has 1 aliphatic carbocycles. The number of carbonyl (C=O) groups is 1. The van der Waals surface area contributed by atoms with Gasteiger partial charge < -0.3 is 5.11 Å². The minimum atomic E-state index is -3.89. The van der Waals surface area contributed by atoms with Gasteiger partial charge in [0.2, 0.25) is 0 Å². The summed E-state index contributed by atoms with van der Waals surface area (Å²) in [5.41, 5.74) is -0.166. The SMILES string of the molecule is CCC1(CC)CC(C(=O)O)(S(=O)(=O)c2ccc(Br)cc2)C1. The summed E-state index contributed by atoms with van der Waals surface area (Å²) in [6.07, 6.45) is 1.99. The predicted molar refractivity (Wildman–Crippen MR) is 83.9 cm³/mol. The van der Waals surface area contributed by atoms with Crippen LogP contribution in [0.2, 0.25) is 0 Å². The summed E-state index contributed by atoms with van der Waals surface area (Å²) in [5.74, 6) is -1.23. The average Bonchev–Trinajstić information content (AvgIpc) is 2.39. The first-order chi connectivity index (χ1) is 9.73. The average molecular weight is 375 g/mol. The number of hydrogen-bond donors (Lipinski definition) is 1. The van der Waals surface area contributed by atoms with Gasteiger partial charge in [0, 0.05) is 4.47 Å². The van der Waals surface area contributed by atoms with Crippen LogP contribution in [0, 0.1) is 5.41 Å². The molecule has 116 valence electrons. The first-order valence-corrected chi connectivity index (χ1v) is 9.24. The fraction of sp³-hybridized carbons (Fsp3) is 0.533. The normalized spacial score (nSPS) is 19.8. The van der Waals surface area contributed by atoms with E-state index < -0.39 is 20.6 Å². The maximum absolute atomic E-state index is 12.8. The van der Waals surface area contributed by atoms with Crippen molar-refractivity contribution in [3.8, 4) is 0 Å². The highest BCUT2D eigenvalue weighted by molar-refractivity contribution is 9.10. The summed E-state index contributed by atoms with van der Waals surface area (Å²) >= 11 is 3.25. The highest BCUT2D eigenvalue weighted by Gasteiger charge is 2.65. The minimum absolute atomic E-state index is 0.0777. The van der Waals surface area contributed by atoms with Crippen molar-refractivity contribution in [1.29, 1.82) is 0 Å². The molecule has 0 spiro atoms. The zero-order chi connectivity index (χ0) is 15.9. The number of rotatable bonds is 5. The number of benzene rings is 1. The fourth-order valence-corrected chi connectivity index (χ4v) is 5.64. The molecule has 1 aromatic carbocycles. The number of hydrogen-bond acceptors (Lipinski definition) is 3. The second kappa shape index (κ2) is 5.39. The van der Waals surface area contributed by atoms with Gasteiger partial charge in [-0.15, -0.1) is 0 Å². The zero-order valence-corrected chi connectivity index (χ0v) is 14.5. The van der Waals surface area contributed by atoms with Gasteiger partial charge in [-0.05, 0) is 42.5 Å². The molecule has 0 atom stereocenters. The van der Waals surface area contributed by atoms with Crippen LogP contribution in [0.1, 0.15) is 39.5 Å². The Hall–Kier alpha value is -0.880. The Morgan fingerprint density at radius 1 is 1.19 bits per heavy atom. The third kappa shape index (κ3) is 2.42. The summed E-state index contributed by atoms with van der Waals surface area (Å²) in [6, 6.07) is 6.16. The number of carboxylic acid groups (broad SMARTS) is 1. The van der Waals surface area contributed by atoms with Gasteiger partial charge in [-0.3, -0.25) is 4.79 Å². The molecule has 0 heterocycles. The van der Waals surface area contributed by atoms with Gasteiger partial charge in [0.25, 0.3) is 0 Å². The highest BCUT2D eigenvalue weighted by atomic mass is 79.9. The van der Waals surface area contributed by atoms with Crippen molar-refractivity contribution in [2.75, 3.05) is 0 Å². The molecule has 6 heteroatoms. The first-order valence-electron chi connectivity index (χ1n) is 6.97. The van der Waals surface area contributed by atoms with E-state index in [1.807, 2.05) is 13.8 Å². The molecule has 1 saturated carbocycles. The topological polar surface area (TPSA) is 71.4 Å². The van der Waals surface area contributed by atoms with Gasteiger partial charge in [0.1, 0.15) is 0 Å². The highest BCUT2D eigenvalue weighted by Crippen LogP contribution is 2.58. The lowest BCUT2D eigenvalue weighted by Crippen LogP contribution is -2.61. The second-order valence-corrected chi connectivity index (χ2v) is 8.99. The Labute approximate surface area is 133 Å². The van der Waals surface area contributed by atoms with E-state index in [1.54, 1.807) is 12.1 Å². The second-order valence-electron chi connectivity index (χ2n) is 5.82. The molecule has 0 amide bonds. The standard InChI is InChI=1S/C15H19BrO4S/c1-3-14(4-2)9-15(10-14,13(17)18)21(19,20)12-7-5-11(16)6-8-12/h5-8H,3-4,9-10H2,1-2H3,(H,17,18). The van der Waals surface area contributed by atoms with Crippen LogP contribution in [0.3, 0.4) is 0 Å². The van der Waals surface area contributed by atoms with Crippen molar-refractivity contribution in [1.82, 2.24) is 0 Å². The lowest BCUT2D eigenvalue weighted by molar-refractivity contribution is -0.147. The minimum Gasteiger partial charge on any atom is -0.480 e. The maximum atomic E-state index is 12.8. The van der Waals surface area contributed by atoms with Gasteiger partial charge in [0.15, 0.2) is 14.6 Å². The first kappa shape index (κ1) is 16.5. The van der Waals surface area contributed by atoms with E-state index in [2.05, 4.69) is 15.9 Å². The third-order valence-corrected chi connectivity index (χ3v) is 7.76. The monoisotopic (exact) mass is 374 g/mol. The quantitative estimate of drug-likeness (QED) is 0.853. The van der Waals surface area contributed by atoms with E-state index in [4.69, 9.17) is 0 Å². The molecule has 0 saturated heterocycles. The van der Waals surface area contributed by atoms with Crippen molar-refractivity contribution in [3.05, 3.63) is 28.7 Å². The molecular formula is C15H19BrO4S. The number of aliphatic carboxylic acids is 1. The zero-order valence-electron chi connectivity index (χ0n) is 12.1. The maximum Gasteiger partial charge on any atom is 0.325 e. The van der Waals surface area contributed by atoms with E-state index in [0.717, 1.165) is 17.3 Å². The molecule has 4 nitrogen and oxygen atoms in total. The molecule has 0 aromatic heterocycles. The lowest BCUT2D eigenvalue weighted by Gasteiger charge is -2.52. The van der Waals surface area contributed by atoms with Crippen LogP contribution in [-0.4, -0.2) is 24.2 Å². The Bertz CT molecular complexity index is 637. The van der Waals surface area contributed by atoms with E-state index in [-0.39, 0.29) is 23.2 Å². The van der Waals surface area contributed by atoms with Crippen LogP contribution in [0.15, 0.2) is 33.6 Å². The lowest BCUT2D eigenvalue weighted by atomic mass is 9.58. The van der Waals surface area contributed by atoms with Crippen LogP contribution < -0.4 is 0 Å². The van der Waals surface area contributed by atoms with Crippen molar-refractivity contribution in [2.24, 2.45) is 5.41 Å². The number of carboxylic acids is 1. The van der Waals surface area contributed by atoms with Crippen molar-refractivity contribution in [3.63, 3.8) is 0 Å². The van der Waals surface area contributed by atoms with Gasteiger partial charge in [-0.25, -0.2) is 8.42 Å². The molecule has 1 fully saturated rings. The van der Waals surface area contributed by atoms with Gasteiger partial charge in [-0.2, -0.15) is 0 Å². The van der Waals surface area contributed by atoms with Crippen LogP contribution in [0.25, 0.3) is 0 Å². The largest absolute Gasteiger partial charge is 0.480 e. The van der Waals surface area contributed by atoms with Crippen LogP contribution >= 0.6 is 15.9 Å². The summed E-state index contributed by atoms with van der Waals surface area (Å²) in [4.78, 5) is 11.8. The molecule has 2 rings (SSSR count). The van der Waals surface area contributed by atoms with Gasteiger partial charge in [-0.1, -0.05) is 42.6 Å².